The van der Waals surface area contributed by atoms with Crippen LogP contribution in [-0.4, -0.2) is 28.0 Å². The summed E-state index contributed by atoms with van der Waals surface area (Å²) >= 11 is 0. The maximum Gasteiger partial charge on any atom is 0.115 e. The minimum absolute atomic E-state index is 0.950. The first-order valence-electron chi connectivity index (χ1n) is 6.42. The fraction of sp³-hybridized carbons (Fsp3) is 0.692. The molecule has 0 aromatic carbocycles. The molecular weight excluding hydrogens is 198 g/mol. The van der Waals surface area contributed by atoms with E-state index in [0.717, 1.165) is 18.9 Å². The van der Waals surface area contributed by atoms with Crippen LogP contribution in [0.15, 0.2) is 12.5 Å². The van der Waals surface area contributed by atoms with E-state index in [1.165, 1.54) is 50.0 Å². The average Bonchev–Trinajstić information content (AvgIpc) is 2.82. The topological polar surface area (TPSA) is 29.0 Å². The second-order valence-corrected chi connectivity index (χ2v) is 5.13. The second kappa shape index (κ2) is 4.50. The molecule has 0 N–H and O–H groups in total. The Morgan fingerprint density at radius 2 is 2.19 bits per heavy atom. The van der Waals surface area contributed by atoms with Crippen molar-refractivity contribution in [3.05, 3.63) is 23.8 Å². The van der Waals surface area contributed by atoms with Crippen LogP contribution in [0.4, 0.5) is 0 Å². The van der Waals surface area contributed by atoms with Gasteiger partial charge in [0, 0.05) is 43.5 Å². The third-order valence-electron chi connectivity index (χ3n) is 3.93. The van der Waals surface area contributed by atoms with Crippen molar-refractivity contribution in [1.82, 2.24) is 14.9 Å². The molecule has 1 saturated carbocycles. The smallest absolute Gasteiger partial charge is 0.115 e. The van der Waals surface area contributed by atoms with Crippen LogP contribution >= 0.6 is 0 Å². The monoisotopic (exact) mass is 217 g/mol. The molecule has 2 heterocycles. The van der Waals surface area contributed by atoms with Crippen molar-refractivity contribution in [2.45, 2.75) is 38.6 Å². The fourth-order valence-corrected chi connectivity index (χ4v) is 3.04. The highest BCUT2D eigenvalue weighted by Crippen LogP contribution is 2.27. The lowest BCUT2D eigenvalue weighted by molar-refractivity contribution is 0.213. The maximum absolute atomic E-state index is 4.35. The highest BCUT2D eigenvalue weighted by atomic mass is 15.1. The fourth-order valence-electron chi connectivity index (χ4n) is 3.04. The lowest BCUT2D eigenvalue weighted by Gasteiger charge is -2.29. The van der Waals surface area contributed by atoms with Gasteiger partial charge >= 0.3 is 0 Å². The van der Waals surface area contributed by atoms with Gasteiger partial charge in [0.1, 0.15) is 6.33 Å². The zero-order valence-electron chi connectivity index (χ0n) is 9.73. The highest BCUT2D eigenvalue weighted by Gasteiger charge is 2.22. The van der Waals surface area contributed by atoms with Gasteiger partial charge in [0.15, 0.2) is 0 Å². The van der Waals surface area contributed by atoms with Crippen molar-refractivity contribution in [2.24, 2.45) is 5.92 Å². The van der Waals surface area contributed by atoms with Crippen LogP contribution in [0.2, 0.25) is 0 Å². The number of nitrogens with zero attached hydrogens (tertiary/aromatic N) is 3. The Labute approximate surface area is 96.9 Å². The second-order valence-electron chi connectivity index (χ2n) is 5.13. The van der Waals surface area contributed by atoms with E-state index in [4.69, 9.17) is 0 Å². The molecule has 0 saturated heterocycles. The minimum Gasteiger partial charge on any atom is -0.298 e. The Balaban J connectivity index is 1.63. The number of hydrogen-bond donors (Lipinski definition) is 0. The van der Waals surface area contributed by atoms with Gasteiger partial charge in [0.25, 0.3) is 0 Å². The van der Waals surface area contributed by atoms with Crippen LogP contribution in [0.5, 0.6) is 0 Å². The Morgan fingerprint density at radius 3 is 3.06 bits per heavy atom. The number of rotatable bonds is 2. The summed E-state index contributed by atoms with van der Waals surface area (Å²) in [6, 6.07) is 0. The van der Waals surface area contributed by atoms with Crippen LogP contribution in [0.3, 0.4) is 0 Å². The molecule has 0 spiro atoms. The predicted octanol–water partition coefficient (Wildman–Crippen LogP) is 2.02. The molecule has 3 rings (SSSR count). The molecular formula is C13H19N3. The van der Waals surface area contributed by atoms with Crippen molar-refractivity contribution in [2.75, 3.05) is 13.1 Å². The molecule has 0 bridgehead atoms. The summed E-state index contributed by atoms with van der Waals surface area (Å²) in [4.78, 5) is 11.1. The van der Waals surface area contributed by atoms with E-state index >= 15 is 0 Å². The van der Waals surface area contributed by atoms with E-state index in [1.54, 1.807) is 6.33 Å². The summed E-state index contributed by atoms with van der Waals surface area (Å²) in [7, 11) is 0. The minimum atomic E-state index is 0.950. The number of hydrogen-bond acceptors (Lipinski definition) is 3. The van der Waals surface area contributed by atoms with Crippen molar-refractivity contribution in [3.63, 3.8) is 0 Å². The molecule has 0 unspecified atom stereocenters. The molecule has 1 fully saturated rings. The van der Waals surface area contributed by atoms with E-state index < -0.39 is 0 Å². The molecule has 1 aromatic heterocycles. The van der Waals surface area contributed by atoms with Gasteiger partial charge in [0.05, 0.1) is 0 Å². The van der Waals surface area contributed by atoms with E-state index in [-0.39, 0.29) is 0 Å². The Bertz CT molecular complexity index is 358. The maximum atomic E-state index is 4.35. The first-order valence-corrected chi connectivity index (χ1v) is 6.42. The van der Waals surface area contributed by atoms with Crippen LogP contribution < -0.4 is 0 Å². The van der Waals surface area contributed by atoms with E-state index in [2.05, 4.69) is 14.9 Å². The highest BCUT2D eigenvalue weighted by molar-refractivity contribution is 5.18. The van der Waals surface area contributed by atoms with Crippen molar-refractivity contribution in [1.29, 1.82) is 0 Å². The summed E-state index contributed by atoms with van der Waals surface area (Å²) in [5, 5.41) is 0. The molecule has 0 radical (unpaired) electrons. The van der Waals surface area contributed by atoms with Gasteiger partial charge in [-0.2, -0.15) is 0 Å². The molecule has 1 aliphatic heterocycles. The van der Waals surface area contributed by atoms with Gasteiger partial charge in [-0.1, -0.05) is 12.8 Å². The summed E-state index contributed by atoms with van der Waals surface area (Å²) in [5.74, 6) is 0.950. The molecule has 86 valence electrons. The van der Waals surface area contributed by atoms with Gasteiger partial charge in [-0.3, -0.25) is 4.90 Å². The van der Waals surface area contributed by atoms with Crippen LogP contribution in [-0.2, 0) is 13.0 Å². The van der Waals surface area contributed by atoms with Crippen molar-refractivity contribution >= 4 is 0 Å². The van der Waals surface area contributed by atoms with Crippen LogP contribution in [0.1, 0.15) is 36.9 Å². The standard InChI is InChI=1S/C13H19N3/c1-2-4-11(3-1)8-16-6-5-13-12(9-16)7-14-10-15-13/h7,10-11H,1-6,8-9H2. The molecule has 1 aliphatic carbocycles. The molecule has 2 aliphatic rings. The number of aromatic nitrogens is 2. The summed E-state index contributed by atoms with van der Waals surface area (Å²) < 4.78 is 0. The number of fused-ring (bicyclic) bond motifs is 1. The lowest BCUT2D eigenvalue weighted by atomic mass is 10.0. The SMILES string of the molecule is c1ncc2c(n1)CCN(CC1CCCC1)C2. The third kappa shape index (κ3) is 2.09. The van der Waals surface area contributed by atoms with Crippen LogP contribution in [0.25, 0.3) is 0 Å². The zero-order chi connectivity index (χ0) is 10.8. The first-order chi connectivity index (χ1) is 7.92. The van der Waals surface area contributed by atoms with E-state index in [0.29, 0.717) is 0 Å². The molecule has 3 nitrogen and oxygen atoms in total. The normalized spacial score (nSPS) is 22.2. The van der Waals surface area contributed by atoms with Gasteiger partial charge in [-0.25, -0.2) is 9.97 Å². The molecule has 1 aromatic rings. The Kier molecular flexibility index (Phi) is 2.87. The quantitative estimate of drug-likeness (QED) is 0.759. The molecule has 3 heteroatoms. The third-order valence-corrected chi connectivity index (χ3v) is 3.93. The van der Waals surface area contributed by atoms with Gasteiger partial charge in [-0.15, -0.1) is 0 Å². The first kappa shape index (κ1) is 10.2. The Hall–Kier alpha value is -0.960. The summed E-state index contributed by atoms with van der Waals surface area (Å²) in [6.07, 6.45) is 10.5. The average molecular weight is 217 g/mol. The van der Waals surface area contributed by atoms with E-state index in [9.17, 15) is 0 Å². The molecule has 0 atom stereocenters. The summed E-state index contributed by atoms with van der Waals surface area (Å²) in [6.45, 7) is 3.53. The Morgan fingerprint density at radius 1 is 1.31 bits per heavy atom. The zero-order valence-corrected chi connectivity index (χ0v) is 9.73. The van der Waals surface area contributed by atoms with Crippen molar-refractivity contribution in [3.8, 4) is 0 Å². The molecule has 16 heavy (non-hydrogen) atoms. The van der Waals surface area contributed by atoms with Gasteiger partial charge in [0.2, 0.25) is 0 Å². The summed E-state index contributed by atoms with van der Waals surface area (Å²) in [5.41, 5.74) is 2.60. The largest absolute Gasteiger partial charge is 0.298 e. The van der Waals surface area contributed by atoms with Crippen molar-refractivity contribution < 1.29 is 0 Å². The van der Waals surface area contributed by atoms with Crippen LogP contribution in [0, 0.1) is 5.92 Å². The van der Waals surface area contributed by atoms with Gasteiger partial charge in [-0.05, 0) is 18.8 Å². The van der Waals surface area contributed by atoms with E-state index in [1.807, 2.05) is 6.20 Å². The van der Waals surface area contributed by atoms with Gasteiger partial charge < -0.3 is 0 Å². The lowest BCUT2D eigenvalue weighted by Crippen LogP contribution is -2.34. The molecule has 0 amide bonds. The predicted molar refractivity (Wildman–Crippen MR) is 63.0 cm³/mol.